The summed E-state index contributed by atoms with van der Waals surface area (Å²) in [6.45, 7) is 7.86. The number of carbonyl (C=O) groups excluding carboxylic acids is 1. The van der Waals surface area contributed by atoms with Gasteiger partial charge in [0.25, 0.3) is 0 Å². The lowest BCUT2D eigenvalue weighted by molar-refractivity contribution is -0.158. The fourth-order valence-electron chi connectivity index (χ4n) is 5.69. The van der Waals surface area contributed by atoms with E-state index >= 15 is 0 Å². The molecule has 1 aliphatic heterocycles. The van der Waals surface area contributed by atoms with Gasteiger partial charge in [0.2, 0.25) is 0 Å². The Hall–Kier alpha value is -0.370. The normalized spacial score (nSPS) is 55.7. The SMILES string of the molecule is C[C@]12CCC[C@](C)(C=O)[C@@H]1CC[C@@]1(C)OCC[C@H]21. The second kappa shape index (κ2) is 3.82. The molecule has 102 valence electrons. The van der Waals surface area contributed by atoms with Crippen molar-refractivity contribution in [2.75, 3.05) is 6.61 Å². The zero-order valence-electron chi connectivity index (χ0n) is 12.0. The van der Waals surface area contributed by atoms with Crippen molar-refractivity contribution >= 4 is 6.29 Å². The van der Waals surface area contributed by atoms with Crippen LogP contribution in [0.5, 0.6) is 0 Å². The number of hydrogen-bond acceptors (Lipinski definition) is 2. The van der Waals surface area contributed by atoms with Gasteiger partial charge < -0.3 is 9.53 Å². The largest absolute Gasteiger partial charge is 0.375 e. The molecule has 18 heavy (non-hydrogen) atoms. The van der Waals surface area contributed by atoms with Crippen molar-refractivity contribution in [2.45, 2.75) is 64.9 Å². The molecule has 3 aliphatic rings. The van der Waals surface area contributed by atoms with Crippen LogP contribution in [0.4, 0.5) is 0 Å². The monoisotopic (exact) mass is 250 g/mol. The molecule has 2 heteroatoms. The van der Waals surface area contributed by atoms with Crippen molar-refractivity contribution in [3.63, 3.8) is 0 Å². The first-order chi connectivity index (χ1) is 8.45. The summed E-state index contributed by atoms with van der Waals surface area (Å²) in [5, 5.41) is 0. The van der Waals surface area contributed by atoms with E-state index in [0.717, 1.165) is 19.4 Å². The Labute approximate surface area is 110 Å². The van der Waals surface area contributed by atoms with E-state index in [1.165, 1.54) is 32.0 Å². The summed E-state index contributed by atoms with van der Waals surface area (Å²) < 4.78 is 6.07. The van der Waals surface area contributed by atoms with Crippen LogP contribution in [0.15, 0.2) is 0 Å². The van der Waals surface area contributed by atoms with Crippen LogP contribution in [0.25, 0.3) is 0 Å². The Morgan fingerprint density at radius 1 is 1.06 bits per heavy atom. The van der Waals surface area contributed by atoms with Crippen molar-refractivity contribution in [3.8, 4) is 0 Å². The van der Waals surface area contributed by atoms with Crippen LogP contribution in [0.3, 0.4) is 0 Å². The number of rotatable bonds is 1. The second-order valence-electron chi connectivity index (χ2n) is 7.58. The molecule has 0 unspecified atom stereocenters. The maximum Gasteiger partial charge on any atom is 0.126 e. The highest BCUT2D eigenvalue weighted by Crippen LogP contribution is 2.64. The molecule has 0 bridgehead atoms. The molecule has 0 radical (unpaired) electrons. The molecule has 2 saturated carbocycles. The summed E-state index contributed by atoms with van der Waals surface area (Å²) in [6.07, 6.45) is 8.33. The van der Waals surface area contributed by atoms with Crippen LogP contribution in [0, 0.1) is 22.7 Å². The van der Waals surface area contributed by atoms with Gasteiger partial charge in [0.05, 0.1) is 5.60 Å². The van der Waals surface area contributed by atoms with Crippen molar-refractivity contribution < 1.29 is 9.53 Å². The Kier molecular flexibility index (Phi) is 2.68. The van der Waals surface area contributed by atoms with Gasteiger partial charge in [-0.2, -0.15) is 0 Å². The van der Waals surface area contributed by atoms with Crippen molar-refractivity contribution in [1.82, 2.24) is 0 Å². The van der Waals surface area contributed by atoms with Gasteiger partial charge in [-0.3, -0.25) is 0 Å². The standard InChI is InChI=1S/C16H26O2/c1-14(11-17)7-4-8-15(2)12(14)5-9-16(3)13(15)6-10-18-16/h11-13H,4-10H2,1-3H3/t12-,13+,14+,15-,16+/m0/s1. The first-order valence-electron chi connectivity index (χ1n) is 7.55. The van der Waals surface area contributed by atoms with Gasteiger partial charge in [-0.05, 0) is 56.3 Å². The number of hydrogen-bond donors (Lipinski definition) is 0. The van der Waals surface area contributed by atoms with E-state index in [-0.39, 0.29) is 11.0 Å². The van der Waals surface area contributed by atoms with Gasteiger partial charge >= 0.3 is 0 Å². The van der Waals surface area contributed by atoms with Crippen LogP contribution in [0.2, 0.25) is 0 Å². The summed E-state index contributed by atoms with van der Waals surface area (Å²) in [5.41, 5.74) is 0.320. The lowest BCUT2D eigenvalue weighted by Gasteiger charge is -2.59. The predicted molar refractivity (Wildman–Crippen MR) is 71.3 cm³/mol. The van der Waals surface area contributed by atoms with Crippen LogP contribution < -0.4 is 0 Å². The van der Waals surface area contributed by atoms with E-state index < -0.39 is 0 Å². The molecule has 0 N–H and O–H groups in total. The maximum atomic E-state index is 11.6. The molecule has 5 atom stereocenters. The molecule has 3 fully saturated rings. The molecule has 1 heterocycles. The highest BCUT2D eigenvalue weighted by molar-refractivity contribution is 5.60. The van der Waals surface area contributed by atoms with Crippen molar-refractivity contribution in [2.24, 2.45) is 22.7 Å². The summed E-state index contributed by atoms with van der Waals surface area (Å²) >= 11 is 0. The minimum atomic E-state index is -0.0864. The number of fused-ring (bicyclic) bond motifs is 3. The van der Waals surface area contributed by atoms with Gasteiger partial charge in [-0.15, -0.1) is 0 Å². The minimum absolute atomic E-state index is 0.0864. The quantitative estimate of drug-likeness (QED) is 0.665. The van der Waals surface area contributed by atoms with Gasteiger partial charge in [-0.25, -0.2) is 0 Å². The van der Waals surface area contributed by atoms with E-state index in [1.807, 2.05) is 0 Å². The van der Waals surface area contributed by atoms with Gasteiger partial charge in [0.1, 0.15) is 6.29 Å². The summed E-state index contributed by atoms with van der Waals surface area (Å²) in [4.78, 5) is 11.6. The third-order valence-corrected chi connectivity index (χ3v) is 6.59. The highest BCUT2D eigenvalue weighted by atomic mass is 16.5. The third-order valence-electron chi connectivity index (χ3n) is 6.59. The second-order valence-corrected chi connectivity index (χ2v) is 7.58. The van der Waals surface area contributed by atoms with E-state index in [2.05, 4.69) is 20.8 Å². The molecule has 2 aliphatic carbocycles. The lowest BCUT2D eigenvalue weighted by Crippen LogP contribution is -2.56. The highest BCUT2D eigenvalue weighted by Gasteiger charge is 2.61. The molecule has 0 aromatic rings. The first kappa shape index (κ1) is 12.7. The molecule has 0 aromatic carbocycles. The van der Waals surface area contributed by atoms with Crippen LogP contribution in [-0.2, 0) is 9.53 Å². The summed E-state index contributed by atoms with van der Waals surface area (Å²) in [6, 6.07) is 0. The van der Waals surface area contributed by atoms with Crippen LogP contribution in [-0.4, -0.2) is 18.5 Å². The number of ether oxygens (including phenoxy) is 1. The Morgan fingerprint density at radius 2 is 1.83 bits per heavy atom. The summed E-state index contributed by atoms with van der Waals surface area (Å²) in [7, 11) is 0. The van der Waals surface area contributed by atoms with Crippen LogP contribution in [0.1, 0.15) is 59.3 Å². The predicted octanol–water partition coefficient (Wildman–Crippen LogP) is 3.59. The average Bonchev–Trinajstić information content (AvgIpc) is 2.72. The molecule has 0 amide bonds. The smallest absolute Gasteiger partial charge is 0.126 e. The Balaban J connectivity index is 1.99. The topological polar surface area (TPSA) is 26.3 Å². The Morgan fingerprint density at radius 3 is 2.56 bits per heavy atom. The zero-order valence-corrected chi connectivity index (χ0v) is 12.0. The molecule has 1 saturated heterocycles. The van der Waals surface area contributed by atoms with Gasteiger partial charge in [0.15, 0.2) is 0 Å². The van der Waals surface area contributed by atoms with E-state index in [4.69, 9.17) is 4.74 Å². The Bertz CT molecular complexity index is 366. The third kappa shape index (κ3) is 1.47. The van der Waals surface area contributed by atoms with E-state index in [0.29, 0.717) is 17.3 Å². The molecular weight excluding hydrogens is 224 g/mol. The summed E-state index contributed by atoms with van der Waals surface area (Å²) in [5.74, 6) is 1.22. The number of aldehydes is 1. The lowest BCUT2D eigenvalue weighted by atomic mass is 9.45. The molecule has 2 nitrogen and oxygen atoms in total. The van der Waals surface area contributed by atoms with Crippen molar-refractivity contribution in [3.05, 3.63) is 0 Å². The molecular formula is C16H26O2. The fourth-order valence-corrected chi connectivity index (χ4v) is 5.69. The molecule has 0 aromatic heterocycles. The van der Waals surface area contributed by atoms with E-state index in [1.54, 1.807) is 0 Å². The molecule has 3 rings (SSSR count). The van der Waals surface area contributed by atoms with E-state index in [9.17, 15) is 4.79 Å². The average molecular weight is 250 g/mol. The molecule has 0 spiro atoms. The first-order valence-corrected chi connectivity index (χ1v) is 7.55. The maximum absolute atomic E-state index is 11.6. The van der Waals surface area contributed by atoms with Crippen molar-refractivity contribution in [1.29, 1.82) is 0 Å². The zero-order chi connectivity index (χ0) is 13.0. The van der Waals surface area contributed by atoms with Gasteiger partial charge in [0, 0.05) is 12.0 Å². The van der Waals surface area contributed by atoms with Gasteiger partial charge in [-0.1, -0.05) is 20.3 Å². The minimum Gasteiger partial charge on any atom is -0.375 e. The van der Waals surface area contributed by atoms with Crippen LogP contribution >= 0.6 is 0 Å². The fraction of sp³-hybridized carbons (Fsp3) is 0.938. The number of carbonyl (C=O) groups is 1.